The summed E-state index contributed by atoms with van der Waals surface area (Å²) in [5, 5.41) is 0. The van der Waals surface area contributed by atoms with Crippen molar-refractivity contribution in [2.45, 2.75) is 52.2 Å². The van der Waals surface area contributed by atoms with Gasteiger partial charge in [0.15, 0.2) is 11.5 Å². The Kier molecular flexibility index (Phi) is 5.17. The molecule has 3 aliphatic heterocycles. The molecule has 0 N–H and O–H groups in total. The molecule has 4 rings (SSSR count). The van der Waals surface area contributed by atoms with Gasteiger partial charge in [0.2, 0.25) is 6.79 Å². The first-order valence-electron chi connectivity index (χ1n) is 10.0. The van der Waals surface area contributed by atoms with Gasteiger partial charge in [-0.25, -0.2) is 0 Å². The van der Waals surface area contributed by atoms with Crippen LogP contribution in [0.25, 0.3) is 0 Å². The summed E-state index contributed by atoms with van der Waals surface area (Å²) in [7, 11) is 0. The topological polar surface area (TPSA) is 91.4 Å². The molecule has 2 atom stereocenters. The number of esters is 2. The van der Waals surface area contributed by atoms with Crippen molar-refractivity contribution in [3.63, 3.8) is 0 Å². The zero-order valence-electron chi connectivity index (χ0n) is 17.3. The highest BCUT2D eigenvalue weighted by Crippen LogP contribution is 2.43. The number of anilines is 1. The SMILES string of the molecule is CC(C)(C)C(=O)OC[C@@H]1[C@@H]2Cc3cc4c(cc3N1C(=O)C=CCCC(=O)O2)OCO4. The van der Waals surface area contributed by atoms with Crippen LogP contribution < -0.4 is 14.4 Å². The maximum Gasteiger partial charge on any atom is 0.311 e. The minimum absolute atomic E-state index is 0.0818. The summed E-state index contributed by atoms with van der Waals surface area (Å²) in [6.07, 6.45) is 3.44. The molecule has 0 saturated heterocycles. The molecule has 0 aliphatic carbocycles. The number of allylic oxidation sites excluding steroid dienone is 1. The number of rotatable bonds is 2. The lowest BCUT2D eigenvalue weighted by atomic mass is 9.92. The van der Waals surface area contributed by atoms with Crippen LogP contribution in [0.15, 0.2) is 24.3 Å². The average molecular weight is 415 g/mol. The van der Waals surface area contributed by atoms with E-state index in [1.807, 2.05) is 6.07 Å². The molecule has 3 heterocycles. The highest BCUT2D eigenvalue weighted by Gasteiger charge is 2.42. The molecule has 0 spiro atoms. The van der Waals surface area contributed by atoms with E-state index in [0.717, 1.165) is 5.56 Å². The van der Waals surface area contributed by atoms with Gasteiger partial charge in [-0.05, 0) is 44.9 Å². The fourth-order valence-corrected chi connectivity index (χ4v) is 3.71. The lowest BCUT2D eigenvalue weighted by Gasteiger charge is -2.41. The van der Waals surface area contributed by atoms with Gasteiger partial charge in [0.1, 0.15) is 18.8 Å². The fourth-order valence-electron chi connectivity index (χ4n) is 3.71. The minimum atomic E-state index is -0.690. The Morgan fingerprint density at radius 1 is 1.20 bits per heavy atom. The summed E-state index contributed by atoms with van der Waals surface area (Å²) < 4.78 is 22.2. The van der Waals surface area contributed by atoms with E-state index in [0.29, 0.717) is 30.0 Å². The predicted octanol–water partition coefficient (Wildman–Crippen LogP) is 2.52. The van der Waals surface area contributed by atoms with Gasteiger partial charge in [0.05, 0.1) is 11.1 Å². The second kappa shape index (κ2) is 7.66. The molecule has 0 fully saturated rings. The van der Waals surface area contributed by atoms with Crippen LogP contribution in [0.2, 0.25) is 0 Å². The molecule has 0 saturated carbocycles. The average Bonchev–Trinajstić information content (AvgIpc) is 3.13. The first-order valence-corrected chi connectivity index (χ1v) is 10.0. The van der Waals surface area contributed by atoms with Crippen LogP contribution in [0.1, 0.15) is 39.2 Å². The maximum atomic E-state index is 13.1. The lowest BCUT2D eigenvalue weighted by molar-refractivity contribution is -0.157. The van der Waals surface area contributed by atoms with Crippen molar-refractivity contribution in [3.8, 4) is 11.5 Å². The monoisotopic (exact) mass is 415 g/mol. The van der Waals surface area contributed by atoms with E-state index in [1.165, 1.54) is 11.0 Å². The number of ether oxygens (including phenoxy) is 4. The van der Waals surface area contributed by atoms with Crippen LogP contribution in [-0.2, 0) is 30.3 Å². The van der Waals surface area contributed by atoms with Gasteiger partial charge in [0, 0.05) is 18.9 Å². The fraction of sp³-hybridized carbons (Fsp3) is 0.500. The zero-order chi connectivity index (χ0) is 21.5. The molecule has 3 aliphatic rings. The molecule has 30 heavy (non-hydrogen) atoms. The van der Waals surface area contributed by atoms with E-state index in [4.69, 9.17) is 18.9 Å². The second-order valence-electron chi connectivity index (χ2n) is 8.63. The molecule has 1 aromatic carbocycles. The number of nitrogens with zero attached hydrogens (tertiary/aromatic N) is 1. The van der Waals surface area contributed by atoms with Gasteiger partial charge in [-0.3, -0.25) is 19.3 Å². The smallest absolute Gasteiger partial charge is 0.311 e. The number of carbonyl (C=O) groups is 3. The third-order valence-corrected chi connectivity index (χ3v) is 5.31. The van der Waals surface area contributed by atoms with Gasteiger partial charge in [-0.1, -0.05) is 6.08 Å². The highest BCUT2D eigenvalue weighted by molar-refractivity contribution is 6.03. The van der Waals surface area contributed by atoms with Gasteiger partial charge in [-0.15, -0.1) is 0 Å². The quantitative estimate of drug-likeness (QED) is 0.686. The van der Waals surface area contributed by atoms with Crippen LogP contribution in [0.3, 0.4) is 0 Å². The van der Waals surface area contributed by atoms with Crippen molar-refractivity contribution >= 4 is 23.5 Å². The largest absolute Gasteiger partial charge is 0.463 e. The number of fused-ring (bicyclic) bond motifs is 5. The van der Waals surface area contributed by atoms with Gasteiger partial charge in [-0.2, -0.15) is 0 Å². The summed E-state index contributed by atoms with van der Waals surface area (Å²) in [4.78, 5) is 39.3. The van der Waals surface area contributed by atoms with Crippen LogP contribution in [-0.4, -0.2) is 43.4 Å². The number of amides is 1. The first-order chi connectivity index (χ1) is 14.2. The Labute approximate surface area is 174 Å². The summed E-state index contributed by atoms with van der Waals surface area (Å²) in [5.74, 6) is 0.124. The van der Waals surface area contributed by atoms with E-state index in [2.05, 4.69) is 0 Å². The Hall–Kier alpha value is -3.03. The third-order valence-electron chi connectivity index (χ3n) is 5.31. The number of hydrogen-bond acceptors (Lipinski definition) is 7. The van der Waals surface area contributed by atoms with Crippen molar-refractivity contribution in [2.24, 2.45) is 5.41 Å². The van der Waals surface area contributed by atoms with Crippen molar-refractivity contribution in [1.29, 1.82) is 0 Å². The molecular formula is C22H25NO7. The van der Waals surface area contributed by atoms with Crippen molar-refractivity contribution in [3.05, 3.63) is 29.8 Å². The Morgan fingerprint density at radius 2 is 1.93 bits per heavy atom. The summed E-state index contributed by atoms with van der Waals surface area (Å²) in [6, 6.07) is 2.92. The van der Waals surface area contributed by atoms with E-state index >= 15 is 0 Å². The molecule has 2 bridgehead atoms. The van der Waals surface area contributed by atoms with Crippen LogP contribution in [0, 0.1) is 5.41 Å². The van der Waals surface area contributed by atoms with E-state index in [9.17, 15) is 14.4 Å². The van der Waals surface area contributed by atoms with Crippen molar-refractivity contribution in [2.75, 3.05) is 18.3 Å². The van der Waals surface area contributed by atoms with Gasteiger partial charge >= 0.3 is 11.9 Å². The molecular weight excluding hydrogens is 390 g/mol. The third kappa shape index (κ3) is 3.86. The molecule has 1 amide bonds. The molecule has 0 radical (unpaired) electrons. The second-order valence-corrected chi connectivity index (χ2v) is 8.63. The molecule has 8 nitrogen and oxygen atoms in total. The molecule has 0 unspecified atom stereocenters. The van der Waals surface area contributed by atoms with Crippen molar-refractivity contribution < 1.29 is 33.3 Å². The van der Waals surface area contributed by atoms with Gasteiger partial charge in [0.25, 0.3) is 5.91 Å². The predicted molar refractivity (Wildman–Crippen MR) is 106 cm³/mol. The van der Waals surface area contributed by atoms with Gasteiger partial charge < -0.3 is 18.9 Å². The Bertz CT molecular complexity index is 915. The Morgan fingerprint density at radius 3 is 2.67 bits per heavy atom. The molecule has 1 aromatic rings. The van der Waals surface area contributed by atoms with E-state index in [-0.39, 0.29) is 37.7 Å². The standard InChI is InChI=1S/C22H25NO7/c1-22(2,3)21(26)27-11-15-16-8-13-9-17-18(29-12-28-17)10-14(13)23(15)19(24)6-4-5-7-20(25)30-16/h4,6,9-10,15-16H,5,7-8,11-12H2,1-3H3/t15-,16+/m1/s1. The summed E-state index contributed by atoms with van der Waals surface area (Å²) in [5.41, 5.74) is 0.752. The number of benzene rings is 1. The molecule has 160 valence electrons. The number of hydrogen-bond donors (Lipinski definition) is 0. The number of carbonyl (C=O) groups excluding carboxylic acids is 3. The van der Waals surface area contributed by atoms with Crippen LogP contribution >= 0.6 is 0 Å². The highest BCUT2D eigenvalue weighted by atomic mass is 16.7. The first kappa shape index (κ1) is 20.3. The molecule has 8 heteroatoms. The van der Waals surface area contributed by atoms with E-state index < -0.39 is 17.6 Å². The van der Waals surface area contributed by atoms with Crippen LogP contribution in [0.5, 0.6) is 11.5 Å². The van der Waals surface area contributed by atoms with E-state index in [1.54, 1.807) is 32.9 Å². The zero-order valence-corrected chi connectivity index (χ0v) is 17.3. The summed E-state index contributed by atoms with van der Waals surface area (Å²) >= 11 is 0. The normalized spacial score (nSPS) is 23.0. The minimum Gasteiger partial charge on any atom is -0.463 e. The molecule has 0 aromatic heterocycles. The maximum absolute atomic E-state index is 13.1. The summed E-state index contributed by atoms with van der Waals surface area (Å²) in [6.45, 7) is 5.30. The Balaban J connectivity index is 1.75. The van der Waals surface area contributed by atoms with Crippen LogP contribution in [0.4, 0.5) is 5.69 Å². The lowest BCUT2D eigenvalue weighted by Crippen LogP contribution is -2.55. The van der Waals surface area contributed by atoms with Crippen molar-refractivity contribution in [1.82, 2.24) is 0 Å².